The summed E-state index contributed by atoms with van der Waals surface area (Å²) in [6.45, 7) is 0. The first-order valence-corrected chi connectivity index (χ1v) is 19.8. The lowest BCUT2D eigenvalue weighted by Gasteiger charge is -2.37. The van der Waals surface area contributed by atoms with Crippen LogP contribution < -0.4 is 5.32 Å². The summed E-state index contributed by atoms with van der Waals surface area (Å²) in [4.78, 5) is 10.6. The van der Waals surface area contributed by atoms with Crippen molar-refractivity contribution in [2.75, 3.05) is 0 Å². The van der Waals surface area contributed by atoms with Crippen molar-refractivity contribution in [3.63, 3.8) is 0 Å². The van der Waals surface area contributed by atoms with Crippen LogP contribution in [0, 0.1) is 0 Å². The van der Waals surface area contributed by atoms with Crippen molar-refractivity contribution in [1.82, 2.24) is 5.32 Å². The van der Waals surface area contributed by atoms with E-state index in [4.69, 9.17) is 9.98 Å². The van der Waals surface area contributed by atoms with Gasteiger partial charge in [0.05, 0.1) is 5.41 Å². The summed E-state index contributed by atoms with van der Waals surface area (Å²) in [5, 5.41) is 6.08. The molecule has 1 aromatic heterocycles. The van der Waals surface area contributed by atoms with E-state index >= 15 is 0 Å². The van der Waals surface area contributed by atoms with E-state index in [1.54, 1.807) is 0 Å². The molecule has 266 valence electrons. The van der Waals surface area contributed by atoms with Gasteiger partial charge in [0.15, 0.2) is 6.17 Å². The highest BCUT2D eigenvalue weighted by molar-refractivity contribution is 7.26. The Morgan fingerprint density at radius 1 is 0.411 bits per heavy atom. The van der Waals surface area contributed by atoms with E-state index in [-0.39, 0.29) is 0 Å². The molecule has 0 aliphatic carbocycles. The molecule has 0 bridgehead atoms. The third kappa shape index (κ3) is 5.92. The topological polar surface area (TPSA) is 36.8 Å². The summed E-state index contributed by atoms with van der Waals surface area (Å²) in [5.41, 5.74) is 9.71. The lowest BCUT2D eigenvalue weighted by atomic mass is 9.65. The van der Waals surface area contributed by atoms with E-state index in [1.807, 2.05) is 23.5 Å². The Morgan fingerprint density at radius 2 is 0.875 bits per heavy atom. The highest BCUT2D eigenvalue weighted by Crippen LogP contribution is 2.48. The van der Waals surface area contributed by atoms with Crippen molar-refractivity contribution in [1.29, 1.82) is 0 Å². The number of hydrogen-bond acceptors (Lipinski definition) is 4. The van der Waals surface area contributed by atoms with Gasteiger partial charge in [0.1, 0.15) is 11.7 Å². The van der Waals surface area contributed by atoms with Gasteiger partial charge in [-0.2, -0.15) is 0 Å². The van der Waals surface area contributed by atoms with Gasteiger partial charge in [0.25, 0.3) is 0 Å². The van der Waals surface area contributed by atoms with Crippen molar-refractivity contribution < 1.29 is 0 Å². The van der Waals surface area contributed by atoms with Crippen LogP contribution in [0.5, 0.6) is 0 Å². The third-order valence-electron chi connectivity index (χ3n) is 10.9. The average molecular weight is 736 g/mol. The van der Waals surface area contributed by atoms with Gasteiger partial charge < -0.3 is 5.32 Å². The zero-order valence-electron chi connectivity index (χ0n) is 30.6. The van der Waals surface area contributed by atoms with Crippen molar-refractivity contribution in [2.24, 2.45) is 9.98 Å². The molecule has 0 amide bonds. The molecular formula is C52H37N3S. The van der Waals surface area contributed by atoms with Crippen LogP contribution in [-0.4, -0.2) is 11.7 Å². The Hall–Kier alpha value is -6.88. The molecule has 0 atom stereocenters. The first kappa shape index (κ1) is 33.7. The molecule has 0 saturated heterocycles. The molecule has 0 fully saturated rings. The summed E-state index contributed by atoms with van der Waals surface area (Å²) in [6.07, 6.45) is -0.449. The summed E-state index contributed by atoms with van der Waals surface area (Å²) < 4.78 is 2.48. The van der Waals surface area contributed by atoms with E-state index in [0.717, 1.165) is 33.9 Å². The van der Waals surface area contributed by atoms with Gasteiger partial charge in [-0.3, -0.25) is 0 Å². The van der Waals surface area contributed by atoms with Crippen LogP contribution in [0.25, 0.3) is 31.3 Å². The maximum absolute atomic E-state index is 5.29. The van der Waals surface area contributed by atoms with Crippen molar-refractivity contribution in [2.45, 2.75) is 11.6 Å². The summed E-state index contributed by atoms with van der Waals surface area (Å²) in [7, 11) is 0. The maximum Gasteiger partial charge on any atom is 0.169 e. The number of nitrogens with one attached hydrogen (secondary N) is 1. The van der Waals surface area contributed by atoms with E-state index in [2.05, 4.69) is 206 Å². The molecule has 1 aliphatic heterocycles. The molecule has 0 unspecified atom stereocenters. The molecule has 1 N–H and O–H groups in total. The molecule has 4 heteroatoms. The minimum atomic E-state index is -0.563. The van der Waals surface area contributed by atoms with Crippen LogP contribution in [0.15, 0.2) is 222 Å². The molecule has 3 nitrogen and oxygen atoms in total. The molecule has 10 rings (SSSR count). The fraction of sp³-hybridized carbons (Fsp3) is 0.0385. The lowest BCUT2D eigenvalue weighted by Crippen LogP contribution is -2.36. The molecule has 0 spiro atoms. The largest absolute Gasteiger partial charge is 0.324 e. The zero-order chi connectivity index (χ0) is 37.3. The summed E-state index contributed by atoms with van der Waals surface area (Å²) in [6, 6.07) is 76.1. The molecule has 0 saturated carbocycles. The molecule has 56 heavy (non-hydrogen) atoms. The highest BCUT2D eigenvalue weighted by Gasteiger charge is 2.38. The van der Waals surface area contributed by atoms with Gasteiger partial charge in [-0.05, 0) is 57.6 Å². The van der Waals surface area contributed by atoms with Gasteiger partial charge in [0, 0.05) is 36.9 Å². The molecule has 2 heterocycles. The average Bonchev–Trinajstić information content (AvgIpc) is 3.67. The number of aliphatic imine (C=N–C) groups is 2. The van der Waals surface area contributed by atoms with Gasteiger partial charge in [-0.15, -0.1) is 11.3 Å². The quantitative estimate of drug-likeness (QED) is 0.155. The van der Waals surface area contributed by atoms with Gasteiger partial charge >= 0.3 is 0 Å². The van der Waals surface area contributed by atoms with Gasteiger partial charge in [0.2, 0.25) is 0 Å². The Kier molecular flexibility index (Phi) is 8.66. The summed E-state index contributed by atoms with van der Waals surface area (Å²) in [5.74, 6) is 1.62. The minimum Gasteiger partial charge on any atom is -0.324 e. The number of thiophene rings is 1. The first-order chi connectivity index (χ1) is 27.8. The van der Waals surface area contributed by atoms with Crippen molar-refractivity contribution >= 4 is 43.2 Å². The monoisotopic (exact) mass is 735 g/mol. The Morgan fingerprint density at radius 3 is 1.43 bits per heavy atom. The minimum absolute atomic E-state index is 0.449. The normalized spacial score (nSPS) is 13.3. The van der Waals surface area contributed by atoms with E-state index < -0.39 is 11.6 Å². The second kappa shape index (κ2) is 14.4. The SMILES string of the molecule is c1ccc(C2=NC(c3cc(-c4cccc(C(c5ccccc5)(c5ccccc5)c5ccccc5)c4)c4c(c3)sc3ccccc34)N=C(c3ccccc3)N2)cc1. The Bertz CT molecular complexity index is 2710. The first-order valence-electron chi connectivity index (χ1n) is 19.0. The molecule has 8 aromatic carbocycles. The Labute approximate surface area is 331 Å². The predicted molar refractivity (Wildman–Crippen MR) is 235 cm³/mol. The number of fused-ring (bicyclic) bond motifs is 3. The fourth-order valence-electron chi connectivity index (χ4n) is 8.32. The molecular weight excluding hydrogens is 699 g/mol. The van der Waals surface area contributed by atoms with E-state index in [1.165, 1.54) is 48.0 Å². The second-order valence-electron chi connectivity index (χ2n) is 14.2. The molecule has 1 aliphatic rings. The van der Waals surface area contributed by atoms with Crippen LogP contribution in [0.1, 0.15) is 45.1 Å². The van der Waals surface area contributed by atoms with Gasteiger partial charge in [-0.25, -0.2) is 9.98 Å². The van der Waals surface area contributed by atoms with Crippen molar-refractivity contribution in [3.05, 3.63) is 251 Å². The van der Waals surface area contributed by atoms with Crippen LogP contribution in [0.2, 0.25) is 0 Å². The van der Waals surface area contributed by atoms with Crippen LogP contribution in [-0.2, 0) is 5.41 Å². The number of hydrogen-bond donors (Lipinski definition) is 1. The van der Waals surface area contributed by atoms with E-state index in [0.29, 0.717) is 0 Å². The number of rotatable bonds is 8. The lowest BCUT2D eigenvalue weighted by molar-refractivity contribution is 0.745. The maximum atomic E-state index is 5.29. The fourth-order valence-corrected chi connectivity index (χ4v) is 9.50. The smallest absolute Gasteiger partial charge is 0.169 e. The van der Waals surface area contributed by atoms with Crippen LogP contribution >= 0.6 is 11.3 Å². The third-order valence-corrected chi connectivity index (χ3v) is 12.0. The predicted octanol–water partition coefficient (Wildman–Crippen LogP) is 12.6. The Balaban J connectivity index is 1.22. The number of amidine groups is 2. The number of benzene rings is 8. The molecule has 0 radical (unpaired) electrons. The van der Waals surface area contributed by atoms with Crippen molar-refractivity contribution in [3.8, 4) is 11.1 Å². The zero-order valence-corrected chi connectivity index (χ0v) is 31.4. The molecule has 9 aromatic rings. The number of nitrogens with zero attached hydrogens (tertiary/aromatic N) is 2. The van der Waals surface area contributed by atoms with Crippen LogP contribution in [0.4, 0.5) is 0 Å². The van der Waals surface area contributed by atoms with Gasteiger partial charge in [-0.1, -0.05) is 188 Å². The highest BCUT2D eigenvalue weighted by atomic mass is 32.1. The second-order valence-corrected chi connectivity index (χ2v) is 15.2. The van der Waals surface area contributed by atoms with Crippen LogP contribution in [0.3, 0.4) is 0 Å². The van der Waals surface area contributed by atoms with E-state index in [9.17, 15) is 0 Å². The summed E-state index contributed by atoms with van der Waals surface area (Å²) >= 11 is 1.83. The standard InChI is InChI=1S/C52H37N3S/c1-6-19-36(20-7-1)49-53-50(37-21-8-2-9-22-37)55-51(54-49)39-34-45(48-44-31-16-17-32-46(44)56-47(48)35-39)38-23-18-30-43(33-38)52(40-24-10-3-11-25-40,41-26-12-4-13-27-41)42-28-14-5-15-29-42/h1-35,51H,(H,53,54,55).